The van der Waals surface area contributed by atoms with Crippen molar-refractivity contribution in [2.24, 2.45) is 0 Å². The van der Waals surface area contributed by atoms with E-state index in [0.29, 0.717) is 11.4 Å². The molecule has 0 saturated heterocycles. The summed E-state index contributed by atoms with van der Waals surface area (Å²) in [5.74, 6) is 0.454. The van der Waals surface area contributed by atoms with Gasteiger partial charge in [-0.25, -0.2) is 4.98 Å². The number of hydrogen-bond acceptors (Lipinski definition) is 1. The Morgan fingerprint density at radius 3 is 2.50 bits per heavy atom. The highest BCUT2D eigenvalue weighted by Gasteiger charge is 2.31. The maximum Gasteiger partial charge on any atom is 0.416 e. The molecule has 0 aliphatic rings. The largest absolute Gasteiger partial charge is 0.416 e. The van der Waals surface area contributed by atoms with Crippen LogP contribution in [0.5, 0.6) is 0 Å². The van der Waals surface area contributed by atoms with Crippen LogP contribution in [0.2, 0.25) is 0 Å². The predicted octanol–water partition coefficient (Wildman–Crippen LogP) is 4.56. The number of halogens is 3. The first-order chi connectivity index (χ1) is 9.45. The maximum atomic E-state index is 12.8. The first-order valence-corrected chi connectivity index (χ1v) is 6.08. The highest BCUT2D eigenvalue weighted by molar-refractivity contribution is 5.80. The molecule has 0 fully saturated rings. The SMILES string of the molecule is Cc1ccc(C(F)(F)F)cc1-c1nc2ccccc2[nH]1. The summed E-state index contributed by atoms with van der Waals surface area (Å²) in [6, 6.07) is 11.0. The lowest BCUT2D eigenvalue weighted by Gasteiger charge is -2.09. The van der Waals surface area contributed by atoms with Crippen molar-refractivity contribution in [2.75, 3.05) is 0 Å². The number of fused-ring (bicyclic) bond motifs is 1. The van der Waals surface area contributed by atoms with E-state index in [1.165, 1.54) is 6.07 Å². The van der Waals surface area contributed by atoms with Gasteiger partial charge in [-0.3, -0.25) is 0 Å². The second kappa shape index (κ2) is 4.37. The van der Waals surface area contributed by atoms with E-state index in [1.807, 2.05) is 24.3 Å². The van der Waals surface area contributed by atoms with Gasteiger partial charge in [0.25, 0.3) is 0 Å². The molecular weight excluding hydrogens is 265 g/mol. The summed E-state index contributed by atoms with van der Waals surface area (Å²) in [6.45, 7) is 1.77. The molecule has 5 heteroatoms. The van der Waals surface area contributed by atoms with Gasteiger partial charge < -0.3 is 4.98 Å². The van der Waals surface area contributed by atoms with Gasteiger partial charge in [-0.05, 0) is 36.8 Å². The molecule has 0 aliphatic carbocycles. The third-order valence-electron chi connectivity index (χ3n) is 3.21. The second-order valence-electron chi connectivity index (χ2n) is 4.63. The monoisotopic (exact) mass is 276 g/mol. The zero-order valence-electron chi connectivity index (χ0n) is 10.6. The number of imidazole rings is 1. The van der Waals surface area contributed by atoms with E-state index in [-0.39, 0.29) is 0 Å². The van der Waals surface area contributed by atoms with Gasteiger partial charge in [0.15, 0.2) is 0 Å². The average Bonchev–Trinajstić information content (AvgIpc) is 2.81. The van der Waals surface area contributed by atoms with Crippen molar-refractivity contribution >= 4 is 11.0 Å². The zero-order valence-corrected chi connectivity index (χ0v) is 10.6. The molecule has 0 atom stereocenters. The molecule has 0 radical (unpaired) electrons. The minimum Gasteiger partial charge on any atom is -0.338 e. The standard InChI is InChI=1S/C15H11F3N2/c1-9-6-7-10(15(16,17)18)8-11(9)14-19-12-4-2-3-5-13(12)20-14/h2-8H,1H3,(H,19,20). The number of alkyl halides is 3. The van der Waals surface area contributed by atoms with Crippen molar-refractivity contribution in [2.45, 2.75) is 13.1 Å². The van der Waals surface area contributed by atoms with Crippen molar-refractivity contribution in [3.05, 3.63) is 53.6 Å². The van der Waals surface area contributed by atoms with Crippen LogP contribution < -0.4 is 0 Å². The number of nitrogens with zero attached hydrogens (tertiary/aromatic N) is 1. The van der Waals surface area contributed by atoms with Gasteiger partial charge >= 0.3 is 6.18 Å². The zero-order chi connectivity index (χ0) is 14.3. The van der Waals surface area contributed by atoms with Crippen LogP contribution >= 0.6 is 0 Å². The summed E-state index contributed by atoms with van der Waals surface area (Å²) in [7, 11) is 0. The average molecular weight is 276 g/mol. The van der Waals surface area contributed by atoms with Crippen LogP contribution in [-0.2, 0) is 6.18 Å². The Balaban J connectivity index is 2.17. The van der Waals surface area contributed by atoms with E-state index in [4.69, 9.17) is 0 Å². The van der Waals surface area contributed by atoms with E-state index >= 15 is 0 Å². The molecule has 0 aliphatic heterocycles. The lowest BCUT2D eigenvalue weighted by Crippen LogP contribution is -2.05. The Morgan fingerprint density at radius 2 is 1.80 bits per heavy atom. The predicted molar refractivity (Wildman–Crippen MR) is 71.3 cm³/mol. The summed E-state index contributed by atoms with van der Waals surface area (Å²) >= 11 is 0. The van der Waals surface area contributed by atoms with Crippen molar-refractivity contribution in [3.63, 3.8) is 0 Å². The Morgan fingerprint density at radius 1 is 1.05 bits per heavy atom. The second-order valence-corrected chi connectivity index (χ2v) is 4.63. The minimum atomic E-state index is -4.35. The van der Waals surface area contributed by atoms with Crippen LogP contribution in [-0.4, -0.2) is 9.97 Å². The van der Waals surface area contributed by atoms with Gasteiger partial charge in [0.2, 0.25) is 0 Å². The van der Waals surface area contributed by atoms with Crippen LogP contribution in [0.25, 0.3) is 22.4 Å². The van der Waals surface area contributed by atoms with Crippen LogP contribution in [0.1, 0.15) is 11.1 Å². The number of aromatic amines is 1. The molecule has 0 saturated carbocycles. The fourth-order valence-electron chi connectivity index (χ4n) is 2.13. The van der Waals surface area contributed by atoms with Crippen molar-refractivity contribution in [1.29, 1.82) is 0 Å². The topological polar surface area (TPSA) is 28.7 Å². The lowest BCUT2D eigenvalue weighted by atomic mass is 10.0. The quantitative estimate of drug-likeness (QED) is 0.693. The maximum absolute atomic E-state index is 12.8. The van der Waals surface area contributed by atoms with Crippen LogP contribution in [0.4, 0.5) is 13.2 Å². The number of nitrogens with one attached hydrogen (secondary N) is 1. The third-order valence-corrected chi connectivity index (χ3v) is 3.21. The molecule has 0 spiro atoms. The van der Waals surface area contributed by atoms with Crippen molar-refractivity contribution in [1.82, 2.24) is 9.97 Å². The van der Waals surface area contributed by atoms with Crippen molar-refractivity contribution < 1.29 is 13.2 Å². The van der Waals surface area contributed by atoms with Crippen LogP contribution in [0.3, 0.4) is 0 Å². The number of aromatic nitrogens is 2. The highest BCUT2D eigenvalue weighted by atomic mass is 19.4. The van der Waals surface area contributed by atoms with Crippen molar-refractivity contribution in [3.8, 4) is 11.4 Å². The molecule has 1 heterocycles. The normalized spacial score (nSPS) is 12.0. The van der Waals surface area contributed by atoms with E-state index in [1.54, 1.807) is 6.92 Å². The molecule has 3 aromatic rings. The number of aryl methyl sites for hydroxylation is 1. The first-order valence-electron chi connectivity index (χ1n) is 6.08. The molecule has 1 aromatic heterocycles. The molecule has 20 heavy (non-hydrogen) atoms. The van der Waals surface area contributed by atoms with E-state index in [2.05, 4.69) is 9.97 Å². The third kappa shape index (κ3) is 2.15. The fourth-order valence-corrected chi connectivity index (χ4v) is 2.13. The van der Waals surface area contributed by atoms with E-state index in [9.17, 15) is 13.2 Å². The van der Waals surface area contributed by atoms with Crippen LogP contribution in [0, 0.1) is 6.92 Å². The Bertz CT molecular complexity index is 739. The number of benzene rings is 2. The molecule has 0 amide bonds. The summed E-state index contributed by atoms with van der Waals surface area (Å²) in [5, 5.41) is 0. The summed E-state index contributed by atoms with van der Waals surface area (Å²) in [5.41, 5.74) is 2.09. The molecule has 1 N–H and O–H groups in total. The number of H-pyrrole nitrogens is 1. The van der Waals surface area contributed by atoms with Gasteiger partial charge in [-0.2, -0.15) is 13.2 Å². The number of para-hydroxylation sites is 2. The van der Waals surface area contributed by atoms with Gasteiger partial charge in [-0.1, -0.05) is 18.2 Å². The molecule has 2 nitrogen and oxygen atoms in total. The van der Waals surface area contributed by atoms with Gasteiger partial charge in [0.05, 0.1) is 16.6 Å². The first kappa shape index (κ1) is 12.7. The number of rotatable bonds is 1. The Kier molecular flexibility index (Phi) is 2.78. The van der Waals surface area contributed by atoms with Crippen LogP contribution in [0.15, 0.2) is 42.5 Å². The Hall–Kier alpha value is -2.30. The number of hydrogen-bond donors (Lipinski definition) is 1. The fraction of sp³-hybridized carbons (Fsp3) is 0.133. The molecule has 3 rings (SSSR count). The van der Waals surface area contributed by atoms with Gasteiger partial charge in [0.1, 0.15) is 5.82 Å². The molecule has 0 bridgehead atoms. The molecule has 2 aromatic carbocycles. The summed E-state index contributed by atoms with van der Waals surface area (Å²) < 4.78 is 38.4. The summed E-state index contributed by atoms with van der Waals surface area (Å²) in [4.78, 5) is 7.40. The molecule has 102 valence electrons. The van der Waals surface area contributed by atoms with Gasteiger partial charge in [0, 0.05) is 5.56 Å². The summed E-state index contributed by atoms with van der Waals surface area (Å²) in [6.07, 6.45) is -4.35. The smallest absolute Gasteiger partial charge is 0.338 e. The molecule has 0 unspecified atom stereocenters. The van der Waals surface area contributed by atoms with E-state index < -0.39 is 11.7 Å². The highest BCUT2D eigenvalue weighted by Crippen LogP contribution is 2.33. The lowest BCUT2D eigenvalue weighted by molar-refractivity contribution is -0.137. The van der Waals surface area contributed by atoms with E-state index in [0.717, 1.165) is 28.7 Å². The van der Waals surface area contributed by atoms with Gasteiger partial charge in [-0.15, -0.1) is 0 Å². The molecular formula is C15H11F3N2. The minimum absolute atomic E-state index is 0.454. The Labute approximate surface area is 113 Å².